The predicted octanol–water partition coefficient (Wildman–Crippen LogP) is 11.9. The summed E-state index contributed by atoms with van der Waals surface area (Å²) in [4.78, 5) is 33.2. The normalized spacial score (nSPS) is 13.0. The molecule has 0 amide bonds. The van der Waals surface area contributed by atoms with Gasteiger partial charge in [-0.1, -0.05) is 172 Å². The largest absolute Gasteiger partial charge is 0.278 e. The molecule has 59 heavy (non-hydrogen) atoms. The Kier molecular flexibility index (Phi) is 7.97. The van der Waals surface area contributed by atoms with Gasteiger partial charge in [0.05, 0.1) is 22.4 Å². The summed E-state index contributed by atoms with van der Waals surface area (Å²) in [5.41, 5.74) is 9.53. The fourth-order valence-corrected chi connectivity index (χ4v) is 8.39. The van der Waals surface area contributed by atoms with Crippen molar-refractivity contribution in [1.29, 1.82) is 0 Å². The highest BCUT2D eigenvalue weighted by Crippen LogP contribution is 2.53. The fraction of sp³-hybridized carbons (Fsp3) is 0.0588. The first-order chi connectivity index (χ1) is 29.0. The second-order valence-corrected chi connectivity index (χ2v) is 15.2. The minimum atomic E-state index is -0.370. The summed E-state index contributed by atoms with van der Waals surface area (Å²) in [5.74, 6) is 3.45. The zero-order valence-electron chi connectivity index (χ0n) is 32.4. The number of aromatic nitrogens is 7. The number of rotatable bonds is 6. The fourth-order valence-electron chi connectivity index (χ4n) is 8.39. The first kappa shape index (κ1) is 34.4. The summed E-state index contributed by atoms with van der Waals surface area (Å²) >= 11 is 0. The number of benzene rings is 7. The third-order valence-corrected chi connectivity index (χ3v) is 11.3. The first-order valence-corrected chi connectivity index (χ1v) is 19.7. The topological polar surface area (TPSA) is 85.5 Å². The minimum Gasteiger partial charge on any atom is -0.278 e. The Labute approximate surface area is 341 Å². The van der Waals surface area contributed by atoms with Gasteiger partial charge in [0.25, 0.3) is 0 Å². The average Bonchev–Trinajstić information content (AvgIpc) is 3.63. The lowest BCUT2D eigenvalue weighted by molar-refractivity contribution is 0.631. The molecule has 8 heteroatoms. The third-order valence-electron chi connectivity index (χ3n) is 11.3. The van der Waals surface area contributed by atoms with Crippen LogP contribution in [-0.2, 0) is 5.41 Å². The van der Waals surface area contributed by atoms with Crippen molar-refractivity contribution < 1.29 is 0 Å². The van der Waals surface area contributed by atoms with Gasteiger partial charge in [0.15, 0.2) is 23.3 Å². The standard InChI is InChI=1S/C51H36N8/c1-51(2)39-28-16-18-30-42(39)59(50-56-47(35-23-11-5-12-24-35)53-48(57-50)36-25-13-6-14-26-36)44-32-43-38(31-40(44)51)37-27-15-17-29-41(37)58(43)49-54-45(33-19-7-3-8-20-33)52-46(55-49)34-21-9-4-10-22-34/h3-32H,1-2H3. The van der Waals surface area contributed by atoms with Crippen molar-refractivity contribution in [3.63, 3.8) is 0 Å². The van der Waals surface area contributed by atoms with Crippen molar-refractivity contribution in [2.75, 3.05) is 4.90 Å². The van der Waals surface area contributed by atoms with E-state index in [1.807, 2.05) is 121 Å². The van der Waals surface area contributed by atoms with Crippen molar-refractivity contribution >= 4 is 39.1 Å². The summed E-state index contributed by atoms with van der Waals surface area (Å²) in [7, 11) is 0. The van der Waals surface area contributed by atoms with Crippen molar-refractivity contribution in [1.82, 2.24) is 34.5 Å². The maximum Gasteiger partial charge on any atom is 0.238 e. The molecule has 8 nitrogen and oxygen atoms in total. The summed E-state index contributed by atoms with van der Waals surface area (Å²) in [6, 6.07) is 62.1. The van der Waals surface area contributed by atoms with E-state index in [-0.39, 0.29) is 5.41 Å². The Morgan fingerprint density at radius 3 is 1.32 bits per heavy atom. The van der Waals surface area contributed by atoms with Crippen molar-refractivity contribution in [3.05, 3.63) is 193 Å². The van der Waals surface area contributed by atoms with Gasteiger partial charge in [0.2, 0.25) is 11.9 Å². The van der Waals surface area contributed by atoms with E-state index in [0.29, 0.717) is 35.2 Å². The molecule has 3 aromatic heterocycles. The zero-order chi connectivity index (χ0) is 39.5. The lowest BCUT2D eigenvalue weighted by Crippen LogP contribution is -2.31. The summed E-state index contributed by atoms with van der Waals surface area (Å²) in [6.07, 6.45) is 0. The van der Waals surface area contributed by atoms with Crippen LogP contribution in [0.2, 0.25) is 0 Å². The van der Waals surface area contributed by atoms with Gasteiger partial charge < -0.3 is 0 Å². The maximum atomic E-state index is 5.26. The van der Waals surface area contributed by atoms with E-state index in [0.717, 1.165) is 61.0 Å². The van der Waals surface area contributed by atoms with Crippen LogP contribution in [0.3, 0.4) is 0 Å². The highest BCUT2D eigenvalue weighted by molar-refractivity contribution is 6.11. The first-order valence-electron chi connectivity index (χ1n) is 19.7. The number of fused-ring (bicyclic) bond motifs is 5. The van der Waals surface area contributed by atoms with Crippen LogP contribution in [0.4, 0.5) is 17.3 Å². The maximum absolute atomic E-state index is 5.26. The SMILES string of the molecule is CC1(C)c2ccccc2N(c2nc(-c3ccccc3)nc(-c3ccccc3)n2)c2cc3c(cc21)c1ccccc1n3-c1nc(-c2ccccc2)nc(-c2ccccc2)n1. The Morgan fingerprint density at radius 1 is 0.356 bits per heavy atom. The number of nitrogens with zero attached hydrogens (tertiary/aromatic N) is 8. The van der Waals surface area contributed by atoms with Gasteiger partial charge in [0, 0.05) is 38.4 Å². The second-order valence-electron chi connectivity index (χ2n) is 15.2. The molecule has 11 rings (SSSR count). The molecule has 0 saturated heterocycles. The number of para-hydroxylation sites is 2. The monoisotopic (exact) mass is 760 g/mol. The molecule has 0 atom stereocenters. The van der Waals surface area contributed by atoms with E-state index >= 15 is 0 Å². The van der Waals surface area contributed by atoms with Crippen LogP contribution < -0.4 is 4.90 Å². The van der Waals surface area contributed by atoms with Gasteiger partial charge in [-0.05, 0) is 35.4 Å². The van der Waals surface area contributed by atoms with Crippen LogP contribution >= 0.6 is 0 Å². The van der Waals surface area contributed by atoms with Crippen LogP contribution in [0.25, 0.3) is 73.3 Å². The molecular formula is C51H36N8. The van der Waals surface area contributed by atoms with Crippen LogP contribution in [0.5, 0.6) is 0 Å². The van der Waals surface area contributed by atoms with Gasteiger partial charge in [-0.2, -0.15) is 19.9 Å². The molecule has 0 saturated carbocycles. The molecule has 10 aromatic rings. The van der Waals surface area contributed by atoms with Crippen LogP contribution in [0, 0.1) is 0 Å². The highest BCUT2D eigenvalue weighted by atomic mass is 15.3. The smallest absolute Gasteiger partial charge is 0.238 e. The Balaban J connectivity index is 1.21. The van der Waals surface area contributed by atoms with E-state index in [2.05, 4.69) is 84.0 Å². The van der Waals surface area contributed by atoms with Crippen LogP contribution in [0.1, 0.15) is 25.0 Å². The van der Waals surface area contributed by atoms with Crippen molar-refractivity contribution in [3.8, 4) is 51.5 Å². The molecule has 280 valence electrons. The number of hydrogen-bond acceptors (Lipinski definition) is 7. The molecule has 0 N–H and O–H groups in total. The molecule has 7 aromatic carbocycles. The zero-order valence-corrected chi connectivity index (χ0v) is 32.4. The van der Waals surface area contributed by atoms with E-state index in [1.165, 1.54) is 5.56 Å². The van der Waals surface area contributed by atoms with Gasteiger partial charge in [-0.25, -0.2) is 9.97 Å². The molecule has 1 aliphatic rings. The highest BCUT2D eigenvalue weighted by Gasteiger charge is 2.39. The lowest BCUT2D eigenvalue weighted by atomic mass is 9.73. The molecule has 0 unspecified atom stereocenters. The van der Waals surface area contributed by atoms with Gasteiger partial charge in [-0.3, -0.25) is 9.47 Å². The summed E-state index contributed by atoms with van der Waals surface area (Å²) in [5, 5.41) is 2.20. The molecule has 0 aliphatic carbocycles. The van der Waals surface area contributed by atoms with E-state index in [1.54, 1.807) is 0 Å². The van der Waals surface area contributed by atoms with Crippen molar-refractivity contribution in [2.45, 2.75) is 19.3 Å². The molecule has 0 spiro atoms. The Morgan fingerprint density at radius 2 is 0.797 bits per heavy atom. The molecule has 1 aliphatic heterocycles. The number of anilines is 3. The molecular weight excluding hydrogens is 725 g/mol. The second kappa shape index (κ2) is 13.7. The van der Waals surface area contributed by atoms with Crippen LogP contribution in [-0.4, -0.2) is 34.5 Å². The van der Waals surface area contributed by atoms with E-state index in [4.69, 9.17) is 29.9 Å². The quantitative estimate of drug-likeness (QED) is 0.167. The minimum absolute atomic E-state index is 0.370. The van der Waals surface area contributed by atoms with Gasteiger partial charge in [-0.15, -0.1) is 0 Å². The lowest BCUT2D eigenvalue weighted by Gasteiger charge is -2.41. The van der Waals surface area contributed by atoms with Gasteiger partial charge in [0.1, 0.15) is 0 Å². The van der Waals surface area contributed by atoms with Gasteiger partial charge >= 0.3 is 0 Å². The summed E-state index contributed by atoms with van der Waals surface area (Å²) < 4.78 is 2.18. The molecule has 0 radical (unpaired) electrons. The average molecular weight is 761 g/mol. The molecule has 0 fully saturated rings. The Hall–Kier alpha value is -7.84. The number of hydrogen-bond donors (Lipinski definition) is 0. The molecule has 4 heterocycles. The van der Waals surface area contributed by atoms with E-state index < -0.39 is 0 Å². The van der Waals surface area contributed by atoms with Crippen LogP contribution in [0.15, 0.2) is 182 Å². The summed E-state index contributed by atoms with van der Waals surface area (Å²) in [6.45, 7) is 4.60. The predicted molar refractivity (Wildman–Crippen MR) is 236 cm³/mol. The molecule has 0 bridgehead atoms. The van der Waals surface area contributed by atoms with Crippen molar-refractivity contribution in [2.24, 2.45) is 0 Å². The third kappa shape index (κ3) is 5.76. The Bertz CT molecular complexity index is 3070. The van der Waals surface area contributed by atoms with E-state index in [9.17, 15) is 0 Å².